The fourth-order valence-electron chi connectivity index (χ4n) is 4.50. The van der Waals surface area contributed by atoms with E-state index in [-0.39, 0.29) is 22.3 Å². The van der Waals surface area contributed by atoms with E-state index in [0.29, 0.717) is 27.6 Å². The lowest BCUT2D eigenvalue weighted by Gasteiger charge is -2.19. The predicted molar refractivity (Wildman–Crippen MR) is 116 cm³/mol. The Morgan fingerprint density at radius 2 is 1.79 bits per heavy atom. The van der Waals surface area contributed by atoms with Gasteiger partial charge in [0.15, 0.2) is 5.65 Å². The molecule has 29 heavy (non-hydrogen) atoms. The molecule has 0 amide bonds. The van der Waals surface area contributed by atoms with Gasteiger partial charge in [0.1, 0.15) is 11.2 Å². The van der Waals surface area contributed by atoms with E-state index in [2.05, 4.69) is 0 Å². The quantitative estimate of drug-likeness (QED) is 0.460. The van der Waals surface area contributed by atoms with Crippen LogP contribution < -0.4 is 11.0 Å². The number of halogens is 1. The first-order chi connectivity index (χ1) is 14.1. The van der Waals surface area contributed by atoms with Gasteiger partial charge in [-0.25, -0.2) is 4.98 Å². The molecule has 2 heterocycles. The van der Waals surface area contributed by atoms with Crippen LogP contribution in [0, 0.1) is 0 Å². The average Bonchev–Trinajstić information content (AvgIpc) is 3.26. The zero-order chi connectivity index (χ0) is 20.1. The number of aryl methyl sites for hydroxylation is 1. The van der Waals surface area contributed by atoms with E-state index < -0.39 is 0 Å². The lowest BCUT2D eigenvalue weighted by atomic mass is 10.1. The van der Waals surface area contributed by atoms with Crippen LogP contribution in [0.4, 0.5) is 0 Å². The van der Waals surface area contributed by atoms with Crippen molar-refractivity contribution in [3.8, 4) is 5.69 Å². The van der Waals surface area contributed by atoms with Crippen molar-refractivity contribution in [3.63, 3.8) is 0 Å². The molecule has 0 bridgehead atoms. The number of pyridine rings is 1. The van der Waals surface area contributed by atoms with E-state index in [9.17, 15) is 9.59 Å². The summed E-state index contributed by atoms with van der Waals surface area (Å²) < 4.78 is 3.45. The van der Waals surface area contributed by atoms with Crippen LogP contribution in [-0.2, 0) is 7.05 Å². The van der Waals surface area contributed by atoms with Crippen molar-refractivity contribution in [3.05, 3.63) is 80.0 Å². The summed E-state index contributed by atoms with van der Waals surface area (Å²) in [7, 11) is 1.86. The second-order valence-corrected chi connectivity index (χ2v) is 8.11. The Kier molecular flexibility index (Phi) is 4.28. The van der Waals surface area contributed by atoms with Crippen LogP contribution in [0.25, 0.3) is 27.6 Å². The van der Waals surface area contributed by atoms with Crippen LogP contribution in [0.5, 0.6) is 0 Å². The molecule has 1 fully saturated rings. The maximum absolute atomic E-state index is 13.7. The third-order valence-electron chi connectivity index (χ3n) is 5.93. The molecule has 5 nitrogen and oxygen atoms in total. The van der Waals surface area contributed by atoms with Gasteiger partial charge in [0, 0.05) is 23.4 Å². The summed E-state index contributed by atoms with van der Waals surface area (Å²) in [6, 6.07) is 14.5. The molecule has 146 valence electrons. The SMILES string of the molecule is Cn1c2ccccc2c(=O)c2c(=O)n(-c3cccc(Cl)c3)c(C3CCCC3)nc21. The molecular weight excluding hydrogens is 386 g/mol. The molecule has 0 aliphatic heterocycles. The Morgan fingerprint density at radius 3 is 2.55 bits per heavy atom. The number of fused-ring (bicyclic) bond motifs is 2. The van der Waals surface area contributed by atoms with Crippen molar-refractivity contribution >= 4 is 33.5 Å². The van der Waals surface area contributed by atoms with Gasteiger partial charge in [-0.15, -0.1) is 0 Å². The summed E-state index contributed by atoms with van der Waals surface area (Å²) in [5, 5.41) is 1.18. The highest BCUT2D eigenvalue weighted by molar-refractivity contribution is 6.30. The number of nitrogens with zero attached hydrogens (tertiary/aromatic N) is 3. The predicted octanol–water partition coefficient (Wildman–Crippen LogP) is 4.55. The second-order valence-electron chi connectivity index (χ2n) is 7.68. The number of hydrogen-bond acceptors (Lipinski definition) is 3. The Morgan fingerprint density at radius 1 is 1.03 bits per heavy atom. The average molecular weight is 406 g/mol. The summed E-state index contributed by atoms with van der Waals surface area (Å²) in [4.78, 5) is 31.9. The Hall–Kier alpha value is -2.92. The molecule has 0 N–H and O–H groups in total. The molecule has 1 saturated carbocycles. The van der Waals surface area contributed by atoms with Crippen molar-refractivity contribution < 1.29 is 0 Å². The molecule has 2 aromatic carbocycles. The van der Waals surface area contributed by atoms with E-state index in [0.717, 1.165) is 31.2 Å². The van der Waals surface area contributed by atoms with Crippen LogP contribution in [0.2, 0.25) is 5.02 Å². The van der Waals surface area contributed by atoms with Gasteiger partial charge >= 0.3 is 0 Å². The lowest BCUT2D eigenvalue weighted by molar-refractivity contribution is 0.636. The molecule has 5 rings (SSSR count). The maximum atomic E-state index is 13.7. The molecule has 2 aromatic heterocycles. The van der Waals surface area contributed by atoms with Gasteiger partial charge in [0.2, 0.25) is 5.43 Å². The van der Waals surface area contributed by atoms with Crippen molar-refractivity contribution in [2.24, 2.45) is 7.05 Å². The summed E-state index contributed by atoms with van der Waals surface area (Å²) in [5.41, 5.74) is 1.26. The molecule has 1 aliphatic carbocycles. The normalized spacial score (nSPS) is 14.8. The van der Waals surface area contributed by atoms with E-state index in [1.54, 1.807) is 22.8 Å². The number of rotatable bonds is 2. The van der Waals surface area contributed by atoms with Crippen LogP contribution in [0.15, 0.2) is 58.1 Å². The zero-order valence-electron chi connectivity index (χ0n) is 16.1. The van der Waals surface area contributed by atoms with E-state index in [1.807, 2.05) is 41.9 Å². The first kappa shape index (κ1) is 18.1. The van der Waals surface area contributed by atoms with Crippen LogP contribution in [0.3, 0.4) is 0 Å². The molecule has 0 spiro atoms. The topological polar surface area (TPSA) is 56.9 Å². The number of hydrogen-bond donors (Lipinski definition) is 0. The van der Waals surface area contributed by atoms with Crippen LogP contribution >= 0.6 is 11.6 Å². The van der Waals surface area contributed by atoms with Crippen molar-refractivity contribution in [1.29, 1.82) is 0 Å². The summed E-state index contributed by atoms with van der Waals surface area (Å²) in [6.07, 6.45) is 4.20. The molecular formula is C23H20ClN3O2. The van der Waals surface area contributed by atoms with Crippen molar-refractivity contribution in [2.45, 2.75) is 31.6 Å². The first-order valence-electron chi connectivity index (χ1n) is 9.86. The third kappa shape index (κ3) is 2.80. The summed E-state index contributed by atoms with van der Waals surface area (Å²) in [6.45, 7) is 0. The van der Waals surface area contributed by atoms with Gasteiger partial charge in [-0.05, 0) is 43.2 Å². The molecule has 6 heteroatoms. The first-order valence-corrected chi connectivity index (χ1v) is 10.2. The highest BCUT2D eigenvalue weighted by Gasteiger charge is 2.26. The van der Waals surface area contributed by atoms with Crippen molar-refractivity contribution in [1.82, 2.24) is 14.1 Å². The maximum Gasteiger partial charge on any atom is 0.271 e. The highest BCUT2D eigenvalue weighted by atomic mass is 35.5. The van der Waals surface area contributed by atoms with Gasteiger partial charge < -0.3 is 4.57 Å². The second kappa shape index (κ2) is 6.85. The van der Waals surface area contributed by atoms with Gasteiger partial charge in [0.25, 0.3) is 5.56 Å². The number of benzene rings is 2. The number of aromatic nitrogens is 3. The van der Waals surface area contributed by atoms with E-state index >= 15 is 0 Å². The molecule has 0 radical (unpaired) electrons. The fourth-order valence-corrected chi connectivity index (χ4v) is 4.68. The van der Waals surface area contributed by atoms with Gasteiger partial charge in [-0.1, -0.05) is 42.6 Å². The Balaban J connectivity index is 1.97. The van der Waals surface area contributed by atoms with Gasteiger partial charge in [0.05, 0.1) is 11.2 Å². The Bertz CT molecular complexity index is 1380. The van der Waals surface area contributed by atoms with E-state index in [4.69, 9.17) is 16.6 Å². The molecule has 4 aromatic rings. The van der Waals surface area contributed by atoms with E-state index in [1.165, 1.54) is 0 Å². The monoisotopic (exact) mass is 405 g/mol. The van der Waals surface area contributed by atoms with Gasteiger partial charge in [-0.2, -0.15) is 0 Å². The van der Waals surface area contributed by atoms with Gasteiger partial charge in [-0.3, -0.25) is 14.2 Å². The third-order valence-corrected chi connectivity index (χ3v) is 6.17. The van der Waals surface area contributed by atoms with Crippen LogP contribution in [-0.4, -0.2) is 14.1 Å². The minimum Gasteiger partial charge on any atom is -0.328 e. The highest BCUT2D eigenvalue weighted by Crippen LogP contribution is 2.34. The Labute approximate surface area is 172 Å². The molecule has 0 unspecified atom stereocenters. The van der Waals surface area contributed by atoms with Crippen molar-refractivity contribution in [2.75, 3.05) is 0 Å². The number of para-hydroxylation sites is 1. The smallest absolute Gasteiger partial charge is 0.271 e. The summed E-state index contributed by atoms with van der Waals surface area (Å²) in [5.74, 6) is 0.903. The molecule has 0 saturated heterocycles. The van der Waals surface area contributed by atoms with Crippen LogP contribution in [0.1, 0.15) is 37.4 Å². The standard InChI is InChI=1S/C23H20ClN3O2/c1-26-18-12-5-4-11-17(18)20(28)19-22(26)25-21(14-7-2-3-8-14)27(23(19)29)16-10-6-9-15(24)13-16/h4-6,9-14H,2-3,7-8H2,1H3. The molecule has 1 aliphatic rings. The minimum absolute atomic E-state index is 0.118. The minimum atomic E-state index is -0.328. The summed E-state index contributed by atoms with van der Waals surface area (Å²) >= 11 is 6.21. The largest absolute Gasteiger partial charge is 0.328 e. The molecule has 0 atom stereocenters. The fraction of sp³-hybridized carbons (Fsp3) is 0.261. The lowest BCUT2D eigenvalue weighted by Crippen LogP contribution is -2.30. The zero-order valence-corrected chi connectivity index (χ0v) is 16.8.